The summed E-state index contributed by atoms with van der Waals surface area (Å²) < 4.78 is 10.5. The van der Waals surface area contributed by atoms with Gasteiger partial charge in [0.1, 0.15) is 23.7 Å². The number of fused-ring (bicyclic) bond motifs is 1. The van der Waals surface area contributed by atoms with E-state index in [4.69, 9.17) is 14.6 Å². The highest BCUT2D eigenvalue weighted by atomic mass is 16.5. The van der Waals surface area contributed by atoms with Gasteiger partial charge in [-0.3, -0.25) is 14.4 Å². The Bertz CT molecular complexity index is 742. The standard InChI is InChI=1S/C15H17N3O6/c1-23-10-3-4-11(24-2)14-8(10)5-9(18-14)15(22)17-6-12(19)16-7-13(20)21/h3-5,18H,6-7H2,1-2H3,(H,16,19)(H,17,22)(H,20,21). The van der Waals surface area contributed by atoms with Crippen LogP contribution in [0.1, 0.15) is 10.5 Å². The molecule has 9 nitrogen and oxygen atoms in total. The number of rotatable bonds is 7. The molecule has 128 valence electrons. The number of aliphatic carboxylic acids is 1. The lowest BCUT2D eigenvalue weighted by Crippen LogP contribution is -2.39. The van der Waals surface area contributed by atoms with Crippen molar-refractivity contribution in [1.29, 1.82) is 0 Å². The molecule has 24 heavy (non-hydrogen) atoms. The molecule has 0 saturated carbocycles. The Balaban J connectivity index is 2.12. The summed E-state index contributed by atoms with van der Waals surface area (Å²) in [5.41, 5.74) is 0.816. The predicted octanol–water partition coefficient (Wildman–Crippen LogP) is 0.116. The number of amides is 2. The average Bonchev–Trinajstić information content (AvgIpc) is 3.02. The van der Waals surface area contributed by atoms with E-state index < -0.39 is 24.3 Å². The first-order valence-corrected chi connectivity index (χ1v) is 6.96. The number of carboxylic acid groups (broad SMARTS) is 1. The molecule has 0 saturated heterocycles. The fraction of sp³-hybridized carbons (Fsp3) is 0.267. The van der Waals surface area contributed by atoms with Crippen LogP contribution in [0.4, 0.5) is 0 Å². The van der Waals surface area contributed by atoms with Crippen LogP contribution in [0, 0.1) is 0 Å². The lowest BCUT2D eigenvalue weighted by molar-refractivity contribution is -0.137. The number of aromatic nitrogens is 1. The van der Waals surface area contributed by atoms with Crippen LogP contribution >= 0.6 is 0 Å². The minimum Gasteiger partial charge on any atom is -0.496 e. The summed E-state index contributed by atoms with van der Waals surface area (Å²) in [7, 11) is 3.02. The maximum Gasteiger partial charge on any atom is 0.322 e. The molecule has 0 aliphatic carbocycles. The number of nitrogens with one attached hydrogen (secondary N) is 3. The SMILES string of the molecule is COc1ccc(OC)c2[nH]c(C(=O)NCC(=O)NCC(=O)O)cc12. The maximum absolute atomic E-state index is 12.1. The third kappa shape index (κ3) is 3.75. The second kappa shape index (κ2) is 7.36. The average molecular weight is 335 g/mol. The topological polar surface area (TPSA) is 130 Å². The number of carboxylic acids is 1. The van der Waals surface area contributed by atoms with Crippen LogP contribution < -0.4 is 20.1 Å². The zero-order valence-corrected chi connectivity index (χ0v) is 13.1. The highest BCUT2D eigenvalue weighted by Crippen LogP contribution is 2.33. The quantitative estimate of drug-likeness (QED) is 0.568. The van der Waals surface area contributed by atoms with Gasteiger partial charge in [0.25, 0.3) is 5.91 Å². The number of carbonyl (C=O) groups excluding carboxylic acids is 2. The number of carbonyl (C=O) groups is 3. The molecule has 1 aromatic heterocycles. The molecule has 9 heteroatoms. The smallest absolute Gasteiger partial charge is 0.322 e. The molecule has 0 aliphatic heterocycles. The van der Waals surface area contributed by atoms with E-state index >= 15 is 0 Å². The van der Waals surface area contributed by atoms with Crippen molar-refractivity contribution >= 4 is 28.7 Å². The van der Waals surface area contributed by atoms with E-state index in [-0.39, 0.29) is 12.2 Å². The van der Waals surface area contributed by atoms with Gasteiger partial charge in [0, 0.05) is 5.39 Å². The van der Waals surface area contributed by atoms with Crippen molar-refractivity contribution in [2.45, 2.75) is 0 Å². The van der Waals surface area contributed by atoms with E-state index in [1.807, 2.05) is 0 Å². The van der Waals surface area contributed by atoms with Crippen LogP contribution in [0.5, 0.6) is 11.5 Å². The van der Waals surface area contributed by atoms with Crippen molar-refractivity contribution in [2.75, 3.05) is 27.3 Å². The molecule has 2 rings (SSSR count). The highest BCUT2D eigenvalue weighted by molar-refractivity contribution is 6.02. The number of hydrogen-bond acceptors (Lipinski definition) is 5. The zero-order valence-electron chi connectivity index (χ0n) is 13.1. The minimum atomic E-state index is -1.16. The van der Waals surface area contributed by atoms with Gasteiger partial charge in [-0.15, -0.1) is 0 Å². The van der Waals surface area contributed by atoms with Gasteiger partial charge in [-0.1, -0.05) is 0 Å². The number of aromatic amines is 1. The molecule has 2 amide bonds. The molecule has 0 aliphatic rings. The molecule has 0 bridgehead atoms. The Labute approximate surface area is 136 Å². The van der Waals surface area contributed by atoms with Crippen LogP contribution in [0.3, 0.4) is 0 Å². The molecule has 0 unspecified atom stereocenters. The Hall–Kier alpha value is -3.23. The summed E-state index contributed by atoms with van der Waals surface area (Å²) in [6.07, 6.45) is 0. The van der Waals surface area contributed by atoms with Crippen molar-refractivity contribution in [3.63, 3.8) is 0 Å². The molecular formula is C15H17N3O6. The van der Waals surface area contributed by atoms with E-state index in [2.05, 4.69) is 15.6 Å². The van der Waals surface area contributed by atoms with Gasteiger partial charge < -0.3 is 30.2 Å². The van der Waals surface area contributed by atoms with Gasteiger partial charge in [0.2, 0.25) is 5.91 Å². The molecule has 1 aromatic carbocycles. The molecule has 2 aromatic rings. The second-order valence-electron chi connectivity index (χ2n) is 4.79. The Morgan fingerprint density at radius 1 is 1.08 bits per heavy atom. The number of H-pyrrole nitrogens is 1. The normalized spacial score (nSPS) is 10.2. The number of benzene rings is 1. The monoisotopic (exact) mass is 335 g/mol. The fourth-order valence-electron chi connectivity index (χ4n) is 2.13. The fourth-order valence-corrected chi connectivity index (χ4v) is 2.13. The van der Waals surface area contributed by atoms with Crippen molar-refractivity contribution in [3.05, 3.63) is 23.9 Å². The maximum atomic E-state index is 12.1. The van der Waals surface area contributed by atoms with Crippen LogP contribution in [0.15, 0.2) is 18.2 Å². The van der Waals surface area contributed by atoms with Gasteiger partial charge in [-0.05, 0) is 18.2 Å². The van der Waals surface area contributed by atoms with Crippen LogP contribution in [-0.4, -0.2) is 55.2 Å². The summed E-state index contributed by atoms with van der Waals surface area (Å²) in [4.78, 5) is 36.8. The number of hydrogen-bond donors (Lipinski definition) is 4. The molecule has 0 atom stereocenters. The third-order valence-corrected chi connectivity index (χ3v) is 3.25. The largest absolute Gasteiger partial charge is 0.496 e. The van der Waals surface area contributed by atoms with Gasteiger partial charge in [-0.25, -0.2) is 0 Å². The summed E-state index contributed by atoms with van der Waals surface area (Å²) in [5, 5.41) is 13.7. The number of ether oxygens (including phenoxy) is 2. The van der Waals surface area contributed by atoms with Crippen LogP contribution in [-0.2, 0) is 9.59 Å². The lowest BCUT2D eigenvalue weighted by atomic mass is 10.2. The first kappa shape index (κ1) is 17.1. The summed E-state index contributed by atoms with van der Waals surface area (Å²) in [5.74, 6) is -1.16. The summed E-state index contributed by atoms with van der Waals surface area (Å²) >= 11 is 0. The molecular weight excluding hydrogens is 318 g/mol. The Morgan fingerprint density at radius 3 is 2.38 bits per heavy atom. The third-order valence-electron chi connectivity index (χ3n) is 3.25. The highest BCUT2D eigenvalue weighted by Gasteiger charge is 2.16. The van der Waals surface area contributed by atoms with E-state index in [1.165, 1.54) is 14.2 Å². The molecule has 1 heterocycles. The molecule has 0 fully saturated rings. The van der Waals surface area contributed by atoms with Crippen LogP contribution in [0.2, 0.25) is 0 Å². The molecule has 0 spiro atoms. The Morgan fingerprint density at radius 2 is 1.75 bits per heavy atom. The van der Waals surface area contributed by atoms with E-state index in [9.17, 15) is 14.4 Å². The predicted molar refractivity (Wildman–Crippen MR) is 84.4 cm³/mol. The molecule has 0 radical (unpaired) electrons. The van der Waals surface area contributed by atoms with Crippen molar-refractivity contribution < 1.29 is 29.0 Å². The van der Waals surface area contributed by atoms with Gasteiger partial charge >= 0.3 is 5.97 Å². The minimum absolute atomic E-state index is 0.221. The van der Waals surface area contributed by atoms with Crippen LogP contribution in [0.25, 0.3) is 10.9 Å². The number of methoxy groups -OCH3 is 2. The second-order valence-corrected chi connectivity index (χ2v) is 4.79. The lowest BCUT2D eigenvalue weighted by Gasteiger charge is -2.05. The van der Waals surface area contributed by atoms with Gasteiger partial charge in [-0.2, -0.15) is 0 Å². The van der Waals surface area contributed by atoms with Gasteiger partial charge in [0.15, 0.2) is 0 Å². The van der Waals surface area contributed by atoms with E-state index in [0.29, 0.717) is 22.4 Å². The summed E-state index contributed by atoms with van der Waals surface area (Å²) in [6, 6.07) is 5.01. The zero-order chi connectivity index (χ0) is 17.7. The molecule has 4 N–H and O–H groups in total. The van der Waals surface area contributed by atoms with Gasteiger partial charge in [0.05, 0.1) is 26.3 Å². The first-order valence-electron chi connectivity index (χ1n) is 6.96. The van der Waals surface area contributed by atoms with Crippen molar-refractivity contribution in [1.82, 2.24) is 15.6 Å². The van der Waals surface area contributed by atoms with Crippen molar-refractivity contribution in [3.8, 4) is 11.5 Å². The Kier molecular flexibility index (Phi) is 5.25. The van der Waals surface area contributed by atoms with Crippen molar-refractivity contribution in [2.24, 2.45) is 0 Å². The first-order chi connectivity index (χ1) is 11.5. The summed E-state index contributed by atoms with van der Waals surface area (Å²) in [6.45, 7) is -0.842. The van der Waals surface area contributed by atoms with E-state index in [0.717, 1.165) is 0 Å². The van der Waals surface area contributed by atoms with E-state index in [1.54, 1.807) is 18.2 Å².